The summed E-state index contributed by atoms with van der Waals surface area (Å²) in [6.07, 6.45) is 6.36. The van der Waals surface area contributed by atoms with Gasteiger partial charge in [-0.2, -0.15) is 0 Å². The molecule has 1 fully saturated rings. The van der Waals surface area contributed by atoms with Gasteiger partial charge in [-0.05, 0) is 12.8 Å². The third-order valence-electron chi connectivity index (χ3n) is 3.74. The normalized spacial score (nSPS) is 39.1. The predicted molar refractivity (Wildman–Crippen MR) is 60.8 cm³/mol. The summed E-state index contributed by atoms with van der Waals surface area (Å²) in [5.74, 6) is -1.01. The van der Waals surface area contributed by atoms with Gasteiger partial charge in [-0.15, -0.1) is 0 Å². The molecule has 0 aromatic rings. The SMILES string of the molecule is CC(C)(C)[C@@]1(C)OC(=O)[C@@]2(CC=CCC2)O1. The molecule has 90 valence electrons. The van der Waals surface area contributed by atoms with Gasteiger partial charge in [-0.1, -0.05) is 32.9 Å². The first kappa shape index (κ1) is 11.6. The van der Waals surface area contributed by atoms with Crippen molar-refractivity contribution in [3.8, 4) is 0 Å². The van der Waals surface area contributed by atoms with Crippen molar-refractivity contribution in [2.45, 2.75) is 58.3 Å². The Kier molecular flexibility index (Phi) is 2.42. The molecule has 0 saturated carbocycles. The highest BCUT2D eigenvalue weighted by molar-refractivity contribution is 5.82. The zero-order valence-electron chi connectivity index (χ0n) is 10.5. The van der Waals surface area contributed by atoms with Gasteiger partial charge in [0.15, 0.2) is 5.60 Å². The first-order valence-corrected chi connectivity index (χ1v) is 5.88. The summed E-state index contributed by atoms with van der Waals surface area (Å²) in [6, 6.07) is 0. The van der Waals surface area contributed by atoms with Crippen molar-refractivity contribution in [3.63, 3.8) is 0 Å². The highest BCUT2D eigenvalue weighted by Gasteiger charge is 2.59. The van der Waals surface area contributed by atoms with Gasteiger partial charge in [0.2, 0.25) is 5.79 Å². The molecular formula is C13H20O3. The number of carbonyl (C=O) groups is 1. The highest BCUT2D eigenvalue weighted by Crippen LogP contribution is 2.47. The van der Waals surface area contributed by atoms with E-state index in [1.807, 2.05) is 33.8 Å². The number of cyclic esters (lactones) is 1. The zero-order chi connectivity index (χ0) is 12.0. The molecule has 2 aliphatic rings. The van der Waals surface area contributed by atoms with Gasteiger partial charge >= 0.3 is 5.97 Å². The highest BCUT2D eigenvalue weighted by atomic mass is 16.8. The lowest BCUT2D eigenvalue weighted by atomic mass is 9.85. The monoisotopic (exact) mass is 224 g/mol. The molecule has 0 aromatic heterocycles. The molecule has 0 bridgehead atoms. The fraction of sp³-hybridized carbons (Fsp3) is 0.769. The van der Waals surface area contributed by atoms with E-state index in [2.05, 4.69) is 6.08 Å². The summed E-state index contributed by atoms with van der Waals surface area (Å²) in [4.78, 5) is 12.0. The van der Waals surface area contributed by atoms with Crippen molar-refractivity contribution in [3.05, 3.63) is 12.2 Å². The van der Waals surface area contributed by atoms with Crippen LogP contribution in [0.4, 0.5) is 0 Å². The maximum Gasteiger partial charge on any atom is 0.341 e. The Labute approximate surface area is 96.8 Å². The van der Waals surface area contributed by atoms with E-state index in [9.17, 15) is 4.79 Å². The fourth-order valence-electron chi connectivity index (χ4n) is 2.10. The zero-order valence-corrected chi connectivity index (χ0v) is 10.5. The van der Waals surface area contributed by atoms with Crippen LogP contribution < -0.4 is 0 Å². The lowest BCUT2D eigenvalue weighted by molar-refractivity contribution is -0.233. The van der Waals surface area contributed by atoms with E-state index in [-0.39, 0.29) is 11.4 Å². The topological polar surface area (TPSA) is 35.5 Å². The minimum Gasteiger partial charge on any atom is -0.431 e. The summed E-state index contributed by atoms with van der Waals surface area (Å²) < 4.78 is 11.5. The van der Waals surface area contributed by atoms with Gasteiger partial charge in [-0.3, -0.25) is 0 Å². The maximum absolute atomic E-state index is 12.0. The number of hydrogen-bond acceptors (Lipinski definition) is 3. The molecule has 1 heterocycles. The molecule has 1 aliphatic heterocycles. The molecule has 0 N–H and O–H groups in total. The number of carbonyl (C=O) groups excluding carboxylic acids is 1. The van der Waals surface area contributed by atoms with Crippen LogP contribution in [0.25, 0.3) is 0 Å². The second-order valence-corrected chi connectivity index (χ2v) is 5.90. The van der Waals surface area contributed by atoms with Crippen molar-refractivity contribution < 1.29 is 14.3 Å². The molecule has 0 amide bonds. The van der Waals surface area contributed by atoms with Crippen molar-refractivity contribution in [2.24, 2.45) is 5.41 Å². The molecule has 3 heteroatoms. The van der Waals surface area contributed by atoms with E-state index in [0.29, 0.717) is 6.42 Å². The first-order chi connectivity index (χ1) is 7.29. The molecule has 0 unspecified atom stereocenters. The number of ether oxygens (including phenoxy) is 2. The third kappa shape index (κ3) is 1.58. The van der Waals surface area contributed by atoms with Crippen LogP contribution in [0, 0.1) is 5.41 Å². The number of hydrogen-bond donors (Lipinski definition) is 0. The van der Waals surface area contributed by atoms with E-state index < -0.39 is 11.4 Å². The van der Waals surface area contributed by atoms with Crippen LogP contribution in [0.1, 0.15) is 47.0 Å². The molecule has 2 rings (SSSR count). The van der Waals surface area contributed by atoms with Crippen molar-refractivity contribution in [2.75, 3.05) is 0 Å². The third-order valence-corrected chi connectivity index (χ3v) is 3.74. The second-order valence-electron chi connectivity index (χ2n) is 5.90. The standard InChI is InChI=1S/C13H20O3/c1-11(2,3)12(4)15-10(14)13(16-12)8-6-5-7-9-13/h5-6H,7-9H2,1-4H3/t12-,13-/m0/s1. The van der Waals surface area contributed by atoms with Crippen LogP contribution in [-0.2, 0) is 14.3 Å². The van der Waals surface area contributed by atoms with Crippen LogP contribution in [0.5, 0.6) is 0 Å². The van der Waals surface area contributed by atoms with E-state index in [4.69, 9.17) is 9.47 Å². The Morgan fingerprint density at radius 1 is 1.31 bits per heavy atom. The van der Waals surface area contributed by atoms with Crippen molar-refractivity contribution >= 4 is 5.97 Å². The summed E-state index contributed by atoms with van der Waals surface area (Å²) in [5, 5.41) is 0. The quantitative estimate of drug-likeness (QED) is 0.469. The van der Waals surface area contributed by atoms with Gasteiger partial charge < -0.3 is 9.47 Å². The number of esters is 1. The van der Waals surface area contributed by atoms with Gasteiger partial charge in [0.25, 0.3) is 0 Å². The lowest BCUT2D eigenvalue weighted by Crippen LogP contribution is -2.44. The number of allylic oxidation sites excluding steroid dienone is 1. The van der Waals surface area contributed by atoms with E-state index in [0.717, 1.165) is 12.8 Å². The first-order valence-electron chi connectivity index (χ1n) is 5.88. The maximum atomic E-state index is 12.0. The minimum absolute atomic E-state index is 0.200. The Bertz CT molecular complexity index is 340. The fourth-order valence-corrected chi connectivity index (χ4v) is 2.10. The Hall–Kier alpha value is -0.830. The molecule has 3 nitrogen and oxygen atoms in total. The number of rotatable bonds is 0. The lowest BCUT2D eigenvalue weighted by Gasteiger charge is -2.37. The van der Waals surface area contributed by atoms with Crippen LogP contribution >= 0.6 is 0 Å². The van der Waals surface area contributed by atoms with Crippen LogP contribution in [0.3, 0.4) is 0 Å². The Morgan fingerprint density at radius 3 is 2.44 bits per heavy atom. The average molecular weight is 224 g/mol. The molecular weight excluding hydrogens is 204 g/mol. The molecule has 16 heavy (non-hydrogen) atoms. The molecule has 0 radical (unpaired) electrons. The van der Waals surface area contributed by atoms with Gasteiger partial charge in [0, 0.05) is 18.8 Å². The summed E-state index contributed by atoms with van der Waals surface area (Å²) >= 11 is 0. The summed E-state index contributed by atoms with van der Waals surface area (Å²) in [7, 11) is 0. The molecule has 1 aliphatic carbocycles. The summed E-state index contributed by atoms with van der Waals surface area (Å²) in [6.45, 7) is 7.94. The smallest absolute Gasteiger partial charge is 0.341 e. The van der Waals surface area contributed by atoms with Crippen LogP contribution in [0.2, 0.25) is 0 Å². The predicted octanol–water partition coefficient (Wildman–Crippen LogP) is 2.80. The van der Waals surface area contributed by atoms with Gasteiger partial charge in [0.05, 0.1) is 0 Å². The molecule has 1 saturated heterocycles. The van der Waals surface area contributed by atoms with E-state index in [1.54, 1.807) is 0 Å². The van der Waals surface area contributed by atoms with Crippen molar-refractivity contribution in [1.82, 2.24) is 0 Å². The minimum atomic E-state index is -0.810. The average Bonchev–Trinajstić information content (AvgIpc) is 2.40. The molecule has 0 aromatic carbocycles. The second kappa shape index (κ2) is 3.33. The molecule has 1 spiro atoms. The Morgan fingerprint density at radius 2 is 2.00 bits per heavy atom. The van der Waals surface area contributed by atoms with Crippen LogP contribution in [0.15, 0.2) is 12.2 Å². The van der Waals surface area contributed by atoms with Gasteiger partial charge in [-0.25, -0.2) is 4.79 Å². The van der Waals surface area contributed by atoms with Crippen LogP contribution in [-0.4, -0.2) is 17.4 Å². The van der Waals surface area contributed by atoms with E-state index in [1.165, 1.54) is 0 Å². The largest absolute Gasteiger partial charge is 0.431 e. The van der Waals surface area contributed by atoms with Crippen molar-refractivity contribution in [1.29, 1.82) is 0 Å². The molecule has 2 atom stereocenters. The van der Waals surface area contributed by atoms with Gasteiger partial charge in [0.1, 0.15) is 0 Å². The summed E-state index contributed by atoms with van der Waals surface area (Å²) in [5.41, 5.74) is -0.940. The Balaban J connectivity index is 2.28. The van der Waals surface area contributed by atoms with E-state index >= 15 is 0 Å².